The highest BCUT2D eigenvalue weighted by molar-refractivity contribution is 5.85. The third kappa shape index (κ3) is 8.74. The minimum Gasteiger partial charge on any atom is -0.462 e. The van der Waals surface area contributed by atoms with Crippen molar-refractivity contribution in [2.45, 2.75) is 152 Å². The van der Waals surface area contributed by atoms with Gasteiger partial charge in [-0.05, 0) is 80.6 Å². The van der Waals surface area contributed by atoms with Crippen molar-refractivity contribution >= 4 is 18.2 Å². The molecule has 0 amide bonds. The lowest BCUT2D eigenvalue weighted by molar-refractivity contribution is -0.286. The standard InChI is InChI=1S/C25H36O6.C7H14O4.C6H12O6/c1-14(26)31-20-12-25(29)19-5-4-16-11-17(27)6-8-23(16,2)18(19)7-9-24(25,3)22(20)15-10-21(28)30-13-15;1-5(9)7(10)6(11-2)3-4-8;7-1-2-3(8)4(9)5(10)6(11)12-2/h10,16-20,22,27,29H,4-9,11-13H2,1-3H3;4-7,9-10H,3H2,1-2H3;2-11H,1H2/t16-,17+,18+,19-,20+,22+,23+,24-,25+;5-,6+,7+;2-,3-,4+,5-,6?/m111/s1. The molecule has 2 heterocycles. The number of carbonyl (C=O) groups is 3. The maximum Gasteiger partial charge on any atom is 0.331 e. The highest BCUT2D eigenvalue weighted by Crippen LogP contribution is 2.70. The molecular weight excluding hydrogens is 712 g/mol. The SMILES string of the molecule is CC(=O)O[C@H]1C[C@]2(O)[C@@H]3CC[C@@H]4C[C@@H](O)CC[C@]4(C)[C@H]3CC[C@]2(C)[C@H]1C1=CC(=O)OC1.CO[C@@H](CC=O)[C@@H](O)[C@@H](C)O.OC[C@H]1OC(O)[C@H](O)[C@@H](O)[C@@H]1O. The van der Waals surface area contributed by atoms with E-state index in [0.717, 1.165) is 50.5 Å². The Balaban J connectivity index is 0.000000233. The summed E-state index contributed by atoms with van der Waals surface area (Å²) in [6.07, 6.45) is -0.863. The van der Waals surface area contributed by atoms with Crippen molar-refractivity contribution in [2.75, 3.05) is 20.3 Å². The lowest BCUT2D eigenvalue weighted by atomic mass is 9.43. The van der Waals surface area contributed by atoms with Crippen LogP contribution in [0.1, 0.15) is 85.5 Å². The zero-order chi connectivity index (χ0) is 40.3. The Morgan fingerprint density at radius 2 is 1.70 bits per heavy atom. The minimum absolute atomic E-state index is 0.0998. The van der Waals surface area contributed by atoms with Crippen LogP contribution in [-0.4, -0.2) is 151 Å². The topological polar surface area (TPSA) is 270 Å². The molecular formula is C38H62O16. The van der Waals surface area contributed by atoms with E-state index in [1.54, 1.807) is 6.08 Å². The van der Waals surface area contributed by atoms with Gasteiger partial charge in [0.05, 0.1) is 30.5 Å². The van der Waals surface area contributed by atoms with Crippen LogP contribution < -0.4 is 0 Å². The Morgan fingerprint density at radius 3 is 2.26 bits per heavy atom. The Labute approximate surface area is 316 Å². The molecule has 0 aromatic carbocycles. The zero-order valence-corrected chi connectivity index (χ0v) is 31.9. The number of aliphatic hydroxyl groups excluding tert-OH is 8. The quantitative estimate of drug-likeness (QED) is 0.109. The number of hydrogen-bond acceptors (Lipinski definition) is 16. The van der Waals surface area contributed by atoms with Crippen molar-refractivity contribution < 1.29 is 79.3 Å². The number of cyclic esters (lactones) is 1. The van der Waals surface area contributed by atoms with E-state index in [-0.39, 0.29) is 48.3 Å². The number of aliphatic hydroxyl groups is 9. The second kappa shape index (κ2) is 18.0. The summed E-state index contributed by atoms with van der Waals surface area (Å²) >= 11 is 0. The number of carbonyl (C=O) groups excluding carboxylic acids is 3. The lowest BCUT2D eigenvalue weighted by Gasteiger charge is -2.63. The van der Waals surface area contributed by atoms with E-state index in [0.29, 0.717) is 24.5 Å². The van der Waals surface area contributed by atoms with Crippen LogP contribution in [0.25, 0.3) is 0 Å². The van der Waals surface area contributed by atoms with Crippen LogP contribution in [0.3, 0.4) is 0 Å². The highest BCUT2D eigenvalue weighted by Gasteiger charge is 2.71. The molecule has 0 aromatic rings. The van der Waals surface area contributed by atoms with Crippen molar-refractivity contribution in [1.82, 2.24) is 0 Å². The molecule has 0 radical (unpaired) electrons. The highest BCUT2D eigenvalue weighted by atomic mass is 16.6. The van der Waals surface area contributed by atoms with Crippen LogP contribution in [0, 0.1) is 34.5 Å². The summed E-state index contributed by atoms with van der Waals surface area (Å²) in [6, 6.07) is 0. The number of ether oxygens (including phenoxy) is 4. The van der Waals surface area contributed by atoms with Gasteiger partial charge in [0.2, 0.25) is 0 Å². The lowest BCUT2D eigenvalue weighted by Crippen LogP contribution is -2.62. The van der Waals surface area contributed by atoms with Crippen LogP contribution >= 0.6 is 0 Å². The summed E-state index contributed by atoms with van der Waals surface area (Å²) in [4.78, 5) is 33.8. The molecule has 1 unspecified atom stereocenters. The first-order valence-electron chi connectivity index (χ1n) is 19.1. The monoisotopic (exact) mass is 774 g/mol. The first-order chi connectivity index (χ1) is 25.3. The molecule has 6 rings (SSSR count). The van der Waals surface area contributed by atoms with Crippen molar-refractivity contribution in [3.05, 3.63) is 11.6 Å². The Hall–Kier alpha value is -2.09. The number of aldehydes is 1. The van der Waals surface area contributed by atoms with Gasteiger partial charge in [0.25, 0.3) is 0 Å². The Bertz CT molecular complexity index is 1320. The van der Waals surface area contributed by atoms with Crippen molar-refractivity contribution in [2.24, 2.45) is 34.5 Å². The van der Waals surface area contributed by atoms with E-state index >= 15 is 0 Å². The molecule has 17 atom stereocenters. The molecule has 0 spiro atoms. The fourth-order valence-electron chi connectivity index (χ4n) is 10.6. The molecule has 6 aliphatic rings. The summed E-state index contributed by atoms with van der Waals surface area (Å²) in [7, 11) is 1.39. The maximum atomic E-state index is 12.4. The zero-order valence-electron chi connectivity index (χ0n) is 31.9. The van der Waals surface area contributed by atoms with Crippen molar-refractivity contribution in [3.8, 4) is 0 Å². The van der Waals surface area contributed by atoms with Gasteiger partial charge < -0.3 is 69.7 Å². The summed E-state index contributed by atoms with van der Waals surface area (Å²) in [5.74, 6) is 0.162. The van der Waals surface area contributed by atoms with Gasteiger partial charge in [-0.2, -0.15) is 0 Å². The van der Waals surface area contributed by atoms with E-state index in [1.165, 1.54) is 21.0 Å². The van der Waals surface area contributed by atoms with E-state index in [2.05, 4.69) is 18.6 Å². The van der Waals surface area contributed by atoms with Gasteiger partial charge in [0.1, 0.15) is 49.5 Å². The first kappa shape index (κ1) is 44.6. The van der Waals surface area contributed by atoms with Crippen LogP contribution in [0.5, 0.6) is 0 Å². The molecule has 0 aromatic heterocycles. The van der Waals surface area contributed by atoms with Crippen LogP contribution in [0.4, 0.5) is 0 Å². The fourth-order valence-corrected chi connectivity index (χ4v) is 10.6. The summed E-state index contributed by atoms with van der Waals surface area (Å²) < 4.78 is 20.3. The van der Waals surface area contributed by atoms with Gasteiger partial charge in [-0.1, -0.05) is 13.8 Å². The van der Waals surface area contributed by atoms with E-state index in [1.807, 2.05) is 0 Å². The molecule has 4 saturated carbocycles. The number of hydrogen-bond donors (Lipinski definition) is 9. The molecule has 5 fully saturated rings. The summed E-state index contributed by atoms with van der Waals surface area (Å²) in [5, 5.41) is 85.4. The molecule has 0 bridgehead atoms. The number of methoxy groups -OCH3 is 1. The maximum absolute atomic E-state index is 12.4. The largest absolute Gasteiger partial charge is 0.462 e. The van der Waals surface area contributed by atoms with E-state index in [9.17, 15) is 29.7 Å². The Kier molecular flexibility index (Phi) is 14.9. The fraction of sp³-hybridized carbons (Fsp3) is 0.868. The first-order valence-corrected chi connectivity index (χ1v) is 19.1. The summed E-state index contributed by atoms with van der Waals surface area (Å²) in [6.45, 7) is 7.08. The molecule has 16 heteroatoms. The second-order valence-electron chi connectivity index (χ2n) is 16.6. The second-order valence-corrected chi connectivity index (χ2v) is 16.6. The molecule has 2 aliphatic heterocycles. The predicted octanol–water partition coefficient (Wildman–Crippen LogP) is -0.743. The smallest absolute Gasteiger partial charge is 0.331 e. The molecule has 9 N–H and O–H groups in total. The van der Waals surface area contributed by atoms with Gasteiger partial charge >= 0.3 is 11.9 Å². The normalized spacial score (nSPS) is 44.2. The van der Waals surface area contributed by atoms with Gasteiger partial charge in [0, 0.05) is 44.3 Å². The minimum atomic E-state index is -1.57. The third-order valence-corrected chi connectivity index (χ3v) is 13.6. The number of rotatable bonds is 8. The molecule has 1 saturated heterocycles. The molecule has 310 valence electrons. The number of esters is 2. The van der Waals surface area contributed by atoms with Crippen molar-refractivity contribution in [1.29, 1.82) is 0 Å². The molecule has 16 nitrogen and oxygen atoms in total. The van der Waals surface area contributed by atoms with Crippen LogP contribution in [0.2, 0.25) is 0 Å². The van der Waals surface area contributed by atoms with E-state index < -0.39 is 72.7 Å². The van der Waals surface area contributed by atoms with Gasteiger partial charge in [-0.3, -0.25) is 4.79 Å². The average molecular weight is 775 g/mol. The average Bonchev–Trinajstić information content (AvgIpc) is 3.64. The van der Waals surface area contributed by atoms with Gasteiger partial charge in [-0.15, -0.1) is 0 Å². The molecule has 4 aliphatic carbocycles. The van der Waals surface area contributed by atoms with Crippen molar-refractivity contribution in [3.63, 3.8) is 0 Å². The third-order valence-electron chi connectivity index (χ3n) is 13.6. The predicted molar refractivity (Wildman–Crippen MR) is 188 cm³/mol. The Morgan fingerprint density at radius 1 is 1.02 bits per heavy atom. The number of fused-ring (bicyclic) bond motifs is 5. The van der Waals surface area contributed by atoms with Crippen LogP contribution in [0.15, 0.2) is 11.6 Å². The van der Waals surface area contributed by atoms with Gasteiger partial charge in [0.15, 0.2) is 6.29 Å². The van der Waals surface area contributed by atoms with E-state index in [4.69, 9.17) is 44.8 Å². The molecule has 54 heavy (non-hydrogen) atoms. The summed E-state index contributed by atoms with van der Waals surface area (Å²) in [5.41, 5.74) is -0.420. The van der Waals surface area contributed by atoms with Gasteiger partial charge in [-0.25, -0.2) is 4.79 Å². The van der Waals surface area contributed by atoms with Crippen LogP contribution in [-0.2, 0) is 33.3 Å².